The summed E-state index contributed by atoms with van der Waals surface area (Å²) in [6.45, 7) is 6.70. The molecule has 1 aromatic heterocycles. The highest BCUT2D eigenvalue weighted by Crippen LogP contribution is 2.25. The van der Waals surface area contributed by atoms with Crippen molar-refractivity contribution in [1.82, 2.24) is 20.5 Å². The molecule has 2 aromatic carbocycles. The lowest BCUT2D eigenvalue weighted by molar-refractivity contribution is -0.119. The number of nitrogens with zero attached hydrogens (tertiary/aromatic N) is 3. The minimum Gasteiger partial charge on any atom is -0.444 e. The SMILES string of the molecule is CC(C)(C)OC(=O)NCC(=O)CN1CCC[C@@H]1CNC(=O)c1ccc(-c2ccccc2C#N)nc1NCCc1cccc(F)c1. The van der Waals surface area contributed by atoms with Gasteiger partial charge >= 0.3 is 6.09 Å². The summed E-state index contributed by atoms with van der Waals surface area (Å²) in [7, 11) is 0. The van der Waals surface area contributed by atoms with Gasteiger partial charge in [-0.2, -0.15) is 5.26 Å². The van der Waals surface area contributed by atoms with Crippen LogP contribution in [0.5, 0.6) is 0 Å². The molecule has 45 heavy (non-hydrogen) atoms. The number of likely N-dealkylation sites (tertiary alicyclic amines) is 1. The molecule has 0 saturated carbocycles. The smallest absolute Gasteiger partial charge is 0.408 e. The molecule has 1 saturated heterocycles. The van der Waals surface area contributed by atoms with Crippen LogP contribution in [0.25, 0.3) is 11.3 Å². The monoisotopic (exact) mass is 614 g/mol. The Morgan fingerprint density at radius 3 is 2.64 bits per heavy atom. The van der Waals surface area contributed by atoms with Crippen LogP contribution in [0.3, 0.4) is 0 Å². The van der Waals surface area contributed by atoms with Crippen LogP contribution < -0.4 is 16.0 Å². The number of rotatable bonds is 12. The molecule has 0 unspecified atom stereocenters. The third-order valence-corrected chi connectivity index (χ3v) is 7.26. The molecule has 1 fully saturated rings. The van der Waals surface area contributed by atoms with Gasteiger partial charge in [0.15, 0.2) is 5.78 Å². The average molecular weight is 615 g/mol. The topological polar surface area (TPSA) is 136 Å². The molecule has 1 aliphatic rings. The summed E-state index contributed by atoms with van der Waals surface area (Å²) >= 11 is 0. The number of nitrogens with one attached hydrogen (secondary N) is 3. The van der Waals surface area contributed by atoms with Crippen LogP contribution in [0.4, 0.5) is 15.0 Å². The number of carbonyl (C=O) groups excluding carboxylic acids is 3. The van der Waals surface area contributed by atoms with Crippen LogP contribution in [0.2, 0.25) is 0 Å². The lowest BCUT2D eigenvalue weighted by atomic mass is 10.0. The Bertz CT molecular complexity index is 1560. The summed E-state index contributed by atoms with van der Waals surface area (Å²) in [6.07, 6.45) is 1.56. The normalized spacial score (nSPS) is 14.8. The van der Waals surface area contributed by atoms with Crippen LogP contribution in [0.15, 0.2) is 60.7 Å². The lowest BCUT2D eigenvalue weighted by Crippen LogP contribution is -2.44. The highest BCUT2D eigenvalue weighted by Gasteiger charge is 2.27. The average Bonchev–Trinajstić information content (AvgIpc) is 3.44. The maximum atomic E-state index is 13.7. The highest BCUT2D eigenvalue weighted by molar-refractivity contribution is 5.99. The number of Topliss-reactive ketones (excluding diaryl/α,β-unsaturated/α-hetero) is 1. The number of alkyl carbamates (subject to hydrolysis) is 1. The zero-order valence-electron chi connectivity index (χ0n) is 25.9. The number of carbonyl (C=O) groups is 3. The van der Waals surface area contributed by atoms with Gasteiger partial charge < -0.3 is 20.7 Å². The number of benzene rings is 2. The van der Waals surface area contributed by atoms with Gasteiger partial charge in [0.05, 0.1) is 36.0 Å². The first kappa shape index (κ1) is 33.1. The van der Waals surface area contributed by atoms with Crippen LogP contribution >= 0.6 is 0 Å². The quantitative estimate of drug-likeness (QED) is 0.267. The molecular weight excluding hydrogens is 575 g/mol. The van der Waals surface area contributed by atoms with Crippen LogP contribution in [0, 0.1) is 17.1 Å². The first-order chi connectivity index (χ1) is 21.5. The molecule has 3 aromatic rings. The molecular formula is C34H39FN6O4. The van der Waals surface area contributed by atoms with Gasteiger partial charge in [0, 0.05) is 24.7 Å². The predicted octanol–water partition coefficient (Wildman–Crippen LogP) is 4.70. The third kappa shape index (κ3) is 9.84. The number of nitriles is 1. The van der Waals surface area contributed by atoms with Gasteiger partial charge in [-0.25, -0.2) is 14.2 Å². The Morgan fingerprint density at radius 1 is 1.09 bits per heavy atom. The van der Waals surface area contributed by atoms with E-state index in [0.29, 0.717) is 54.3 Å². The zero-order chi connectivity index (χ0) is 32.4. The Labute approximate surface area is 263 Å². The van der Waals surface area contributed by atoms with Crippen molar-refractivity contribution < 1.29 is 23.5 Å². The van der Waals surface area contributed by atoms with E-state index in [1.807, 2.05) is 17.0 Å². The van der Waals surface area contributed by atoms with Crippen LogP contribution in [0.1, 0.15) is 55.1 Å². The Balaban J connectivity index is 1.41. The fourth-order valence-corrected chi connectivity index (χ4v) is 5.16. The number of ketones is 1. The number of pyridine rings is 1. The Kier molecular flexibility index (Phi) is 11.2. The second-order valence-corrected chi connectivity index (χ2v) is 11.9. The summed E-state index contributed by atoms with van der Waals surface area (Å²) in [4.78, 5) is 44.7. The molecule has 10 nitrogen and oxygen atoms in total. The van der Waals surface area contributed by atoms with Crippen molar-refractivity contribution in [2.75, 3.05) is 38.0 Å². The molecule has 236 valence electrons. The molecule has 0 radical (unpaired) electrons. The van der Waals surface area contributed by atoms with Crippen molar-refractivity contribution in [2.45, 2.75) is 51.7 Å². The second kappa shape index (κ2) is 15.3. The number of hydrogen-bond acceptors (Lipinski definition) is 8. The lowest BCUT2D eigenvalue weighted by Gasteiger charge is -2.24. The fraction of sp³-hybridized carbons (Fsp3) is 0.382. The third-order valence-electron chi connectivity index (χ3n) is 7.26. The summed E-state index contributed by atoms with van der Waals surface area (Å²) in [5.74, 6) is -0.453. The summed E-state index contributed by atoms with van der Waals surface area (Å²) in [6, 6.07) is 19.0. The molecule has 2 heterocycles. The number of halogens is 1. The van der Waals surface area contributed by atoms with Gasteiger partial charge in [0.2, 0.25) is 0 Å². The predicted molar refractivity (Wildman–Crippen MR) is 169 cm³/mol. The minimum absolute atomic E-state index is 0.0430. The van der Waals surface area contributed by atoms with E-state index in [2.05, 4.69) is 22.0 Å². The molecule has 0 aliphatic carbocycles. The molecule has 2 amide bonds. The molecule has 0 bridgehead atoms. The second-order valence-electron chi connectivity index (χ2n) is 11.9. The largest absolute Gasteiger partial charge is 0.444 e. The van der Waals surface area contributed by atoms with E-state index in [4.69, 9.17) is 9.72 Å². The van der Waals surface area contributed by atoms with E-state index in [-0.39, 0.29) is 36.6 Å². The molecule has 1 atom stereocenters. The van der Waals surface area contributed by atoms with Gasteiger partial charge in [0.1, 0.15) is 17.2 Å². The minimum atomic E-state index is -0.654. The molecule has 0 spiro atoms. The standard InChI is InChI=1S/C34H39FN6O4/c1-34(2,3)45-33(44)39-21-27(42)22-41-17-7-11-26(41)20-38-32(43)29-13-14-30(28-12-5-4-9-24(28)19-36)40-31(29)37-16-15-23-8-6-10-25(35)18-23/h4-6,8-10,12-14,18,26H,7,11,15-17,20-22H2,1-3H3,(H,37,40)(H,38,43)(H,39,44)/t26-/m1/s1. The van der Waals surface area contributed by atoms with Gasteiger partial charge in [0.25, 0.3) is 5.91 Å². The van der Waals surface area contributed by atoms with Gasteiger partial charge in [-0.05, 0) is 82.5 Å². The molecule has 11 heteroatoms. The van der Waals surface area contributed by atoms with Crippen molar-refractivity contribution in [3.63, 3.8) is 0 Å². The Morgan fingerprint density at radius 2 is 1.89 bits per heavy atom. The number of amides is 2. The highest BCUT2D eigenvalue weighted by atomic mass is 19.1. The van der Waals surface area contributed by atoms with Crippen LogP contribution in [-0.2, 0) is 16.0 Å². The van der Waals surface area contributed by atoms with E-state index in [1.54, 1.807) is 57.2 Å². The maximum absolute atomic E-state index is 13.7. The first-order valence-electron chi connectivity index (χ1n) is 15.0. The summed E-state index contributed by atoms with van der Waals surface area (Å²) in [5, 5.41) is 18.3. The fourth-order valence-electron chi connectivity index (χ4n) is 5.16. The van der Waals surface area contributed by atoms with Crippen LogP contribution in [-0.4, -0.2) is 72.0 Å². The maximum Gasteiger partial charge on any atom is 0.408 e. The Hall–Kier alpha value is -4.82. The van der Waals surface area contributed by atoms with Gasteiger partial charge in [-0.15, -0.1) is 0 Å². The number of ether oxygens (including phenoxy) is 1. The molecule has 1 aliphatic heterocycles. The van der Waals surface area contributed by atoms with E-state index >= 15 is 0 Å². The summed E-state index contributed by atoms with van der Waals surface area (Å²) < 4.78 is 18.9. The first-order valence-corrected chi connectivity index (χ1v) is 15.0. The summed E-state index contributed by atoms with van der Waals surface area (Å²) in [5.41, 5.74) is 2.13. The van der Waals surface area contributed by atoms with Crippen molar-refractivity contribution in [3.8, 4) is 17.3 Å². The number of hydrogen-bond donors (Lipinski definition) is 3. The van der Waals surface area contributed by atoms with Crippen molar-refractivity contribution in [1.29, 1.82) is 5.26 Å². The van der Waals surface area contributed by atoms with Crippen molar-refractivity contribution in [3.05, 3.63) is 83.2 Å². The number of anilines is 1. The number of aromatic nitrogens is 1. The van der Waals surface area contributed by atoms with E-state index in [9.17, 15) is 24.0 Å². The van der Waals surface area contributed by atoms with E-state index < -0.39 is 11.7 Å². The van der Waals surface area contributed by atoms with E-state index in [1.165, 1.54) is 12.1 Å². The van der Waals surface area contributed by atoms with Crippen molar-refractivity contribution in [2.24, 2.45) is 0 Å². The molecule has 3 N–H and O–H groups in total. The van der Waals surface area contributed by atoms with E-state index in [0.717, 1.165) is 18.4 Å². The van der Waals surface area contributed by atoms with Gasteiger partial charge in [-0.1, -0.05) is 30.3 Å². The van der Waals surface area contributed by atoms with Gasteiger partial charge in [-0.3, -0.25) is 14.5 Å². The zero-order valence-corrected chi connectivity index (χ0v) is 25.9. The molecule has 4 rings (SSSR count). The van der Waals surface area contributed by atoms with Crippen molar-refractivity contribution >= 4 is 23.6 Å².